The Morgan fingerprint density at radius 2 is 1.92 bits per heavy atom. The lowest BCUT2D eigenvalue weighted by atomic mass is 9.89. The van der Waals surface area contributed by atoms with Crippen LogP contribution in [0.5, 0.6) is 0 Å². The molecule has 26 heavy (non-hydrogen) atoms. The summed E-state index contributed by atoms with van der Waals surface area (Å²) in [5.41, 5.74) is 12.5. The second-order valence-electron chi connectivity index (χ2n) is 7.06. The van der Waals surface area contributed by atoms with Gasteiger partial charge in [-0.15, -0.1) is 5.10 Å². The highest BCUT2D eigenvalue weighted by molar-refractivity contribution is 5.76. The van der Waals surface area contributed by atoms with Gasteiger partial charge in [0.25, 0.3) is 0 Å². The maximum Gasteiger partial charge on any atom is 0.155 e. The molecule has 1 unspecified atom stereocenters. The summed E-state index contributed by atoms with van der Waals surface area (Å²) in [6.45, 7) is 4.35. The summed E-state index contributed by atoms with van der Waals surface area (Å²) in [4.78, 5) is 11.2. The van der Waals surface area contributed by atoms with Crippen molar-refractivity contribution in [1.29, 1.82) is 0 Å². The average Bonchev–Trinajstić information content (AvgIpc) is 2.62. The summed E-state index contributed by atoms with van der Waals surface area (Å²) in [5.74, 6) is 0.0812. The minimum atomic E-state index is 0.0812. The number of benzene rings is 1. The van der Waals surface area contributed by atoms with Crippen molar-refractivity contribution < 1.29 is 9.53 Å². The smallest absolute Gasteiger partial charge is 0.155 e. The number of ether oxygens (including phenoxy) is 1. The van der Waals surface area contributed by atoms with Crippen LogP contribution in [-0.2, 0) is 28.9 Å². The van der Waals surface area contributed by atoms with Crippen LogP contribution in [0.1, 0.15) is 48.6 Å². The lowest BCUT2D eigenvalue weighted by Crippen LogP contribution is -2.21. The van der Waals surface area contributed by atoms with Crippen LogP contribution >= 0.6 is 0 Å². The van der Waals surface area contributed by atoms with Crippen molar-refractivity contribution in [3.05, 3.63) is 46.6 Å². The van der Waals surface area contributed by atoms with Crippen LogP contribution < -0.4 is 5.73 Å². The zero-order valence-corrected chi connectivity index (χ0v) is 15.6. The molecule has 1 aliphatic carbocycles. The number of aryl methyl sites for hydroxylation is 1. The first-order valence-corrected chi connectivity index (χ1v) is 9.34. The van der Waals surface area contributed by atoms with Crippen molar-refractivity contribution in [1.82, 2.24) is 10.2 Å². The molecule has 0 aliphatic heterocycles. The SMILES string of the molecule is CC(=O)COC1CCCc2c(-c3ccc(CN)cc3)nnc(C)c2CC1. The summed E-state index contributed by atoms with van der Waals surface area (Å²) in [5, 5.41) is 8.92. The number of rotatable bonds is 5. The molecule has 1 atom stereocenters. The Morgan fingerprint density at radius 3 is 2.62 bits per heavy atom. The molecule has 0 radical (unpaired) electrons. The highest BCUT2D eigenvalue weighted by Crippen LogP contribution is 2.30. The number of carbonyl (C=O) groups is 1. The minimum Gasteiger partial charge on any atom is -0.370 e. The number of carbonyl (C=O) groups excluding carboxylic acids is 1. The van der Waals surface area contributed by atoms with Gasteiger partial charge in [0.2, 0.25) is 0 Å². The molecule has 1 heterocycles. The molecule has 0 spiro atoms. The van der Waals surface area contributed by atoms with Crippen molar-refractivity contribution >= 4 is 5.78 Å². The maximum absolute atomic E-state index is 11.2. The summed E-state index contributed by atoms with van der Waals surface area (Å²) >= 11 is 0. The molecule has 0 saturated carbocycles. The Bertz CT molecular complexity index is 772. The quantitative estimate of drug-likeness (QED) is 0.893. The molecule has 5 nitrogen and oxygen atoms in total. The van der Waals surface area contributed by atoms with Gasteiger partial charge in [0.05, 0.1) is 17.5 Å². The van der Waals surface area contributed by atoms with E-state index in [-0.39, 0.29) is 18.5 Å². The number of aromatic nitrogens is 2. The van der Waals surface area contributed by atoms with Gasteiger partial charge in [0.1, 0.15) is 6.61 Å². The number of hydrogen-bond donors (Lipinski definition) is 1. The molecule has 1 aliphatic rings. The van der Waals surface area contributed by atoms with Crippen molar-refractivity contribution in [3.8, 4) is 11.3 Å². The number of fused-ring (bicyclic) bond motifs is 1. The Labute approximate surface area is 155 Å². The monoisotopic (exact) mass is 353 g/mol. The van der Waals surface area contributed by atoms with E-state index in [4.69, 9.17) is 10.5 Å². The van der Waals surface area contributed by atoms with E-state index in [0.29, 0.717) is 6.54 Å². The lowest BCUT2D eigenvalue weighted by molar-refractivity contribution is -0.123. The minimum absolute atomic E-state index is 0.0812. The number of nitrogens with two attached hydrogens (primary N) is 1. The summed E-state index contributed by atoms with van der Waals surface area (Å²) in [7, 11) is 0. The van der Waals surface area contributed by atoms with Crippen LogP contribution in [0.25, 0.3) is 11.3 Å². The van der Waals surface area contributed by atoms with Crippen LogP contribution in [0.15, 0.2) is 24.3 Å². The van der Waals surface area contributed by atoms with E-state index in [1.807, 2.05) is 6.92 Å². The summed E-state index contributed by atoms with van der Waals surface area (Å²) in [6.07, 6.45) is 4.92. The molecule has 1 aromatic heterocycles. The van der Waals surface area contributed by atoms with E-state index in [9.17, 15) is 4.79 Å². The third-order valence-electron chi connectivity index (χ3n) is 5.04. The Kier molecular flexibility index (Phi) is 6.12. The van der Waals surface area contributed by atoms with Crippen molar-refractivity contribution in [2.75, 3.05) is 6.61 Å². The van der Waals surface area contributed by atoms with E-state index < -0.39 is 0 Å². The normalized spacial score (nSPS) is 17.3. The van der Waals surface area contributed by atoms with Crippen LogP contribution in [0.3, 0.4) is 0 Å². The number of Topliss-reactive ketones (excluding diaryl/α,β-unsaturated/α-hetero) is 1. The van der Waals surface area contributed by atoms with Gasteiger partial charge < -0.3 is 10.5 Å². The van der Waals surface area contributed by atoms with E-state index >= 15 is 0 Å². The predicted octanol–water partition coefficient (Wildman–Crippen LogP) is 3.15. The van der Waals surface area contributed by atoms with Gasteiger partial charge in [0.15, 0.2) is 5.78 Å². The first kappa shape index (κ1) is 18.7. The molecule has 1 aromatic carbocycles. The van der Waals surface area contributed by atoms with Crippen molar-refractivity contribution in [2.45, 2.75) is 58.6 Å². The van der Waals surface area contributed by atoms with Crippen LogP contribution in [0.2, 0.25) is 0 Å². The second-order valence-corrected chi connectivity index (χ2v) is 7.06. The second kappa shape index (κ2) is 8.52. The fraction of sp³-hybridized carbons (Fsp3) is 0.476. The molecule has 2 N–H and O–H groups in total. The molecule has 0 amide bonds. The van der Waals surface area contributed by atoms with Crippen LogP contribution in [0.4, 0.5) is 0 Å². The Hall–Kier alpha value is -2.11. The fourth-order valence-corrected chi connectivity index (χ4v) is 3.60. The first-order chi connectivity index (χ1) is 12.6. The molecule has 0 fully saturated rings. The van der Waals surface area contributed by atoms with Crippen LogP contribution in [0, 0.1) is 6.92 Å². The first-order valence-electron chi connectivity index (χ1n) is 9.34. The molecule has 2 aromatic rings. The highest BCUT2D eigenvalue weighted by atomic mass is 16.5. The van der Waals surface area contributed by atoms with Gasteiger partial charge in [-0.05, 0) is 62.6 Å². The van der Waals surface area contributed by atoms with E-state index in [1.54, 1.807) is 6.92 Å². The third kappa shape index (κ3) is 4.34. The topological polar surface area (TPSA) is 78.1 Å². The third-order valence-corrected chi connectivity index (χ3v) is 5.04. The fourth-order valence-electron chi connectivity index (χ4n) is 3.60. The molecular formula is C21H27N3O2. The largest absolute Gasteiger partial charge is 0.370 e. The zero-order chi connectivity index (χ0) is 18.5. The number of hydrogen-bond acceptors (Lipinski definition) is 5. The van der Waals surface area contributed by atoms with Gasteiger partial charge in [-0.3, -0.25) is 4.79 Å². The predicted molar refractivity (Wildman–Crippen MR) is 102 cm³/mol. The molecule has 3 rings (SSSR count). The van der Waals surface area contributed by atoms with E-state index in [0.717, 1.165) is 54.6 Å². The standard InChI is InChI=1S/C21H27N3O2/c1-14(25)13-26-18-4-3-5-20-19(11-10-18)15(2)23-24-21(20)17-8-6-16(12-22)7-9-17/h6-9,18H,3-5,10-13,22H2,1-2H3. The maximum atomic E-state index is 11.2. The average molecular weight is 353 g/mol. The summed E-state index contributed by atoms with van der Waals surface area (Å²) in [6, 6.07) is 8.27. The molecule has 0 bridgehead atoms. The molecular weight excluding hydrogens is 326 g/mol. The van der Waals surface area contributed by atoms with E-state index in [1.165, 1.54) is 11.1 Å². The lowest BCUT2D eigenvalue weighted by Gasteiger charge is -2.23. The van der Waals surface area contributed by atoms with Gasteiger partial charge in [-0.1, -0.05) is 24.3 Å². The zero-order valence-electron chi connectivity index (χ0n) is 15.6. The van der Waals surface area contributed by atoms with Gasteiger partial charge in [-0.25, -0.2) is 0 Å². The van der Waals surface area contributed by atoms with Crippen molar-refractivity contribution in [2.24, 2.45) is 5.73 Å². The number of ketones is 1. The van der Waals surface area contributed by atoms with Gasteiger partial charge in [0, 0.05) is 12.1 Å². The van der Waals surface area contributed by atoms with E-state index in [2.05, 4.69) is 34.5 Å². The van der Waals surface area contributed by atoms with Crippen LogP contribution in [-0.4, -0.2) is 28.7 Å². The highest BCUT2D eigenvalue weighted by Gasteiger charge is 2.21. The Morgan fingerprint density at radius 1 is 1.15 bits per heavy atom. The molecule has 5 heteroatoms. The number of nitrogens with zero attached hydrogens (tertiary/aromatic N) is 2. The molecule has 0 saturated heterocycles. The van der Waals surface area contributed by atoms with Crippen molar-refractivity contribution in [3.63, 3.8) is 0 Å². The van der Waals surface area contributed by atoms with Gasteiger partial charge >= 0.3 is 0 Å². The molecule has 138 valence electrons. The summed E-state index contributed by atoms with van der Waals surface area (Å²) < 4.78 is 5.78. The van der Waals surface area contributed by atoms with Gasteiger partial charge in [-0.2, -0.15) is 5.10 Å². The Balaban J connectivity index is 1.86.